The second-order valence-electron chi connectivity index (χ2n) is 4.32. The highest BCUT2D eigenvalue weighted by atomic mass is 16.5. The molecule has 0 fully saturated rings. The van der Waals surface area contributed by atoms with E-state index in [0.29, 0.717) is 17.2 Å². The molecule has 0 aliphatic carbocycles. The van der Waals surface area contributed by atoms with Crippen LogP contribution in [0.1, 0.15) is 12.5 Å². The number of rotatable bonds is 7. The molecule has 0 heterocycles. The molecule has 112 valence electrons. The molecule has 0 N–H and O–H groups in total. The third kappa shape index (κ3) is 4.88. The molecule has 0 saturated carbocycles. The summed E-state index contributed by atoms with van der Waals surface area (Å²) in [6.07, 6.45) is 11.6. The topological polar surface area (TPSA) is 27.7 Å². The summed E-state index contributed by atoms with van der Waals surface area (Å²) in [5, 5.41) is 0. The van der Waals surface area contributed by atoms with E-state index in [1.807, 2.05) is 49.4 Å². The third-order valence-corrected chi connectivity index (χ3v) is 2.83. The molecular formula is C18H22O3. The van der Waals surface area contributed by atoms with Crippen LogP contribution in [-0.4, -0.2) is 21.3 Å². The summed E-state index contributed by atoms with van der Waals surface area (Å²) in [4.78, 5) is 0. The van der Waals surface area contributed by atoms with Crippen LogP contribution in [0.4, 0.5) is 0 Å². The van der Waals surface area contributed by atoms with E-state index >= 15 is 0 Å². The molecule has 0 aliphatic rings. The van der Waals surface area contributed by atoms with E-state index in [2.05, 4.69) is 6.58 Å². The Balaban J connectivity index is 3.06. The Morgan fingerprint density at radius 3 is 2.10 bits per heavy atom. The van der Waals surface area contributed by atoms with Crippen molar-refractivity contribution in [2.24, 2.45) is 0 Å². The third-order valence-electron chi connectivity index (χ3n) is 2.83. The zero-order chi connectivity index (χ0) is 15.7. The van der Waals surface area contributed by atoms with Gasteiger partial charge >= 0.3 is 0 Å². The van der Waals surface area contributed by atoms with E-state index in [0.717, 1.165) is 11.1 Å². The van der Waals surface area contributed by atoms with Crippen molar-refractivity contribution in [2.75, 3.05) is 21.3 Å². The fourth-order valence-electron chi connectivity index (χ4n) is 1.77. The number of benzene rings is 1. The predicted octanol–water partition coefficient (Wildman–Crippen LogP) is 4.41. The molecule has 21 heavy (non-hydrogen) atoms. The number of allylic oxidation sites excluding steroid dienone is 6. The van der Waals surface area contributed by atoms with Gasteiger partial charge in [0.2, 0.25) is 5.75 Å². The van der Waals surface area contributed by atoms with Crippen molar-refractivity contribution in [1.82, 2.24) is 0 Å². The summed E-state index contributed by atoms with van der Waals surface area (Å²) >= 11 is 0. The molecule has 1 rings (SSSR count). The van der Waals surface area contributed by atoms with E-state index < -0.39 is 0 Å². The van der Waals surface area contributed by atoms with Crippen molar-refractivity contribution in [1.29, 1.82) is 0 Å². The minimum Gasteiger partial charge on any atom is -0.493 e. The van der Waals surface area contributed by atoms with Crippen molar-refractivity contribution < 1.29 is 14.2 Å². The van der Waals surface area contributed by atoms with Crippen molar-refractivity contribution in [2.45, 2.75) is 6.92 Å². The fourth-order valence-corrected chi connectivity index (χ4v) is 1.77. The summed E-state index contributed by atoms with van der Waals surface area (Å²) in [5.41, 5.74) is 2.10. The zero-order valence-electron chi connectivity index (χ0n) is 13.1. The lowest BCUT2D eigenvalue weighted by atomic mass is 10.1. The Morgan fingerprint density at radius 1 is 1.00 bits per heavy atom. The lowest BCUT2D eigenvalue weighted by Crippen LogP contribution is -1.95. The molecule has 0 aromatic heterocycles. The van der Waals surface area contributed by atoms with Gasteiger partial charge in [0.05, 0.1) is 21.3 Å². The van der Waals surface area contributed by atoms with Crippen molar-refractivity contribution >= 4 is 6.08 Å². The van der Waals surface area contributed by atoms with Gasteiger partial charge in [0.1, 0.15) is 0 Å². The second-order valence-corrected chi connectivity index (χ2v) is 4.32. The molecule has 0 bridgehead atoms. The average molecular weight is 286 g/mol. The van der Waals surface area contributed by atoms with E-state index in [1.165, 1.54) is 0 Å². The molecule has 0 radical (unpaired) electrons. The number of hydrogen-bond acceptors (Lipinski definition) is 3. The van der Waals surface area contributed by atoms with Gasteiger partial charge in [-0.25, -0.2) is 0 Å². The lowest BCUT2D eigenvalue weighted by Gasteiger charge is -2.12. The van der Waals surface area contributed by atoms with E-state index in [9.17, 15) is 0 Å². The Labute approximate surface area is 126 Å². The van der Waals surface area contributed by atoms with Gasteiger partial charge in [-0.1, -0.05) is 48.6 Å². The molecule has 3 nitrogen and oxygen atoms in total. The highest BCUT2D eigenvalue weighted by Gasteiger charge is 2.11. The first kappa shape index (κ1) is 16.6. The smallest absolute Gasteiger partial charge is 0.203 e. The van der Waals surface area contributed by atoms with Gasteiger partial charge in [0.15, 0.2) is 11.5 Å². The summed E-state index contributed by atoms with van der Waals surface area (Å²) in [6.45, 7) is 5.66. The van der Waals surface area contributed by atoms with Crippen LogP contribution in [0, 0.1) is 0 Å². The SMILES string of the molecule is C=C\C=C/C=C(C)/C=C\c1cc(OC)c(OC)c(OC)c1. The van der Waals surface area contributed by atoms with Gasteiger partial charge < -0.3 is 14.2 Å². The quantitative estimate of drug-likeness (QED) is 0.695. The first-order chi connectivity index (χ1) is 10.2. The summed E-state index contributed by atoms with van der Waals surface area (Å²) < 4.78 is 16.0. The molecule has 0 amide bonds. The number of hydrogen-bond donors (Lipinski definition) is 0. The van der Waals surface area contributed by atoms with Crippen LogP contribution in [0.25, 0.3) is 6.08 Å². The molecule has 1 aromatic rings. The first-order valence-electron chi connectivity index (χ1n) is 6.60. The molecule has 0 atom stereocenters. The molecular weight excluding hydrogens is 264 g/mol. The van der Waals surface area contributed by atoms with Crippen LogP contribution in [0.15, 0.2) is 54.7 Å². The van der Waals surface area contributed by atoms with Crippen LogP contribution in [0.2, 0.25) is 0 Å². The van der Waals surface area contributed by atoms with Crippen LogP contribution in [-0.2, 0) is 0 Å². The summed E-state index contributed by atoms with van der Waals surface area (Å²) in [5.74, 6) is 1.88. The minimum absolute atomic E-state index is 0.596. The Bertz CT molecular complexity index is 541. The van der Waals surface area contributed by atoms with Crippen LogP contribution in [0.3, 0.4) is 0 Å². The van der Waals surface area contributed by atoms with Crippen LogP contribution in [0.5, 0.6) is 17.2 Å². The monoisotopic (exact) mass is 286 g/mol. The average Bonchev–Trinajstić information content (AvgIpc) is 2.51. The van der Waals surface area contributed by atoms with Crippen molar-refractivity contribution in [3.05, 3.63) is 60.2 Å². The minimum atomic E-state index is 0.596. The summed E-state index contributed by atoms with van der Waals surface area (Å²) in [6, 6.07) is 3.81. The largest absolute Gasteiger partial charge is 0.493 e. The maximum Gasteiger partial charge on any atom is 0.203 e. The number of ether oxygens (including phenoxy) is 3. The van der Waals surface area contributed by atoms with E-state index in [-0.39, 0.29) is 0 Å². The van der Waals surface area contributed by atoms with Gasteiger partial charge in [-0.3, -0.25) is 0 Å². The maximum atomic E-state index is 5.33. The number of methoxy groups -OCH3 is 3. The fraction of sp³-hybridized carbons (Fsp3) is 0.222. The zero-order valence-corrected chi connectivity index (χ0v) is 13.1. The molecule has 0 spiro atoms. The summed E-state index contributed by atoms with van der Waals surface area (Å²) in [7, 11) is 4.81. The predicted molar refractivity (Wildman–Crippen MR) is 88.2 cm³/mol. The van der Waals surface area contributed by atoms with Crippen LogP contribution < -0.4 is 14.2 Å². The highest BCUT2D eigenvalue weighted by Crippen LogP contribution is 2.38. The molecule has 3 heteroatoms. The molecule has 0 aliphatic heterocycles. The van der Waals surface area contributed by atoms with Gasteiger partial charge in [0.25, 0.3) is 0 Å². The van der Waals surface area contributed by atoms with E-state index in [1.54, 1.807) is 27.4 Å². The highest BCUT2D eigenvalue weighted by molar-refractivity contribution is 5.63. The van der Waals surface area contributed by atoms with Crippen LogP contribution >= 0.6 is 0 Å². The van der Waals surface area contributed by atoms with Gasteiger partial charge in [-0.15, -0.1) is 0 Å². The standard InChI is InChI=1S/C18H22O3/c1-6-7-8-9-14(2)10-11-15-12-16(19-3)18(21-5)17(13-15)20-4/h6-13H,1H2,2-5H3/b8-7-,11-10-,14-9+. The Hall–Kier alpha value is -2.42. The first-order valence-corrected chi connectivity index (χ1v) is 6.60. The lowest BCUT2D eigenvalue weighted by molar-refractivity contribution is 0.324. The second kappa shape index (κ2) is 8.69. The van der Waals surface area contributed by atoms with Crippen molar-refractivity contribution in [3.63, 3.8) is 0 Å². The van der Waals surface area contributed by atoms with Gasteiger partial charge in [0, 0.05) is 0 Å². The van der Waals surface area contributed by atoms with Crippen molar-refractivity contribution in [3.8, 4) is 17.2 Å². The molecule has 1 aromatic carbocycles. The van der Waals surface area contributed by atoms with E-state index in [4.69, 9.17) is 14.2 Å². The maximum absolute atomic E-state index is 5.33. The van der Waals surface area contributed by atoms with Gasteiger partial charge in [-0.2, -0.15) is 0 Å². The Kier molecular flexibility index (Phi) is 6.88. The molecule has 0 unspecified atom stereocenters. The molecule has 0 saturated heterocycles. The van der Waals surface area contributed by atoms with Gasteiger partial charge in [-0.05, 0) is 24.6 Å². The normalized spacial score (nSPS) is 11.9. The Morgan fingerprint density at radius 2 is 1.62 bits per heavy atom.